The molecule has 17 heavy (non-hydrogen) atoms. The van der Waals surface area contributed by atoms with Gasteiger partial charge in [-0.15, -0.1) is 0 Å². The summed E-state index contributed by atoms with van der Waals surface area (Å²) in [6.07, 6.45) is 1.43. The maximum atomic E-state index is 11.8. The van der Waals surface area contributed by atoms with Gasteiger partial charge in [0.1, 0.15) is 6.61 Å². The number of carbonyl (C=O) groups is 2. The van der Waals surface area contributed by atoms with Crippen LogP contribution in [0.3, 0.4) is 0 Å². The average molecular weight is 243 g/mol. The summed E-state index contributed by atoms with van der Waals surface area (Å²) < 4.78 is 10.1. The van der Waals surface area contributed by atoms with E-state index in [2.05, 4.69) is 6.58 Å². The minimum Gasteiger partial charge on any atom is -0.480 e. The molecule has 6 heteroatoms. The van der Waals surface area contributed by atoms with Crippen LogP contribution in [0.15, 0.2) is 12.7 Å². The standard InChI is InChI=1S/C11H17NO5/c1-3-5-17-11(15)12-8(4-2)6-16-7-9(12)10(13)14/h3,8-9H,1,4-7H2,2H3,(H,13,14)/t8-,9-/m1/s1. The van der Waals surface area contributed by atoms with Crippen molar-refractivity contribution in [1.29, 1.82) is 0 Å². The van der Waals surface area contributed by atoms with Gasteiger partial charge < -0.3 is 14.6 Å². The highest BCUT2D eigenvalue weighted by Gasteiger charge is 2.39. The lowest BCUT2D eigenvalue weighted by atomic mass is 10.1. The molecule has 0 bridgehead atoms. The monoisotopic (exact) mass is 243 g/mol. The van der Waals surface area contributed by atoms with Crippen LogP contribution >= 0.6 is 0 Å². The second-order valence-electron chi connectivity index (χ2n) is 3.73. The van der Waals surface area contributed by atoms with E-state index >= 15 is 0 Å². The van der Waals surface area contributed by atoms with Crippen LogP contribution in [0.1, 0.15) is 13.3 Å². The summed E-state index contributed by atoms with van der Waals surface area (Å²) in [5.41, 5.74) is 0. The van der Waals surface area contributed by atoms with Gasteiger partial charge in [-0.25, -0.2) is 9.59 Å². The highest BCUT2D eigenvalue weighted by molar-refractivity contribution is 5.80. The normalized spacial score (nSPS) is 24.2. The number of carbonyl (C=O) groups excluding carboxylic acids is 1. The molecule has 0 aromatic heterocycles. The Labute approximate surface area is 99.8 Å². The highest BCUT2D eigenvalue weighted by atomic mass is 16.6. The summed E-state index contributed by atoms with van der Waals surface area (Å²) >= 11 is 0. The first-order valence-corrected chi connectivity index (χ1v) is 5.48. The smallest absolute Gasteiger partial charge is 0.411 e. The Kier molecular flexibility index (Phi) is 4.96. The van der Waals surface area contributed by atoms with E-state index in [9.17, 15) is 9.59 Å². The first-order valence-electron chi connectivity index (χ1n) is 5.48. The molecule has 1 amide bonds. The van der Waals surface area contributed by atoms with Gasteiger partial charge in [0.05, 0.1) is 19.3 Å². The molecule has 1 N–H and O–H groups in total. The first kappa shape index (κ1) is 13.5. The van der Waals surface area contributed by atoms with Crippen LogP contribution < -0.4 is 0 Å². The van der Waals surface area contributed by atoms with Crippen molar-refractivity contribution in [2.24, 2.45) is 0 Å². The minimum atomic E-state index is -1.08. The van der Waals surface area contributed by atoms with E-state index in [1.807, 2.05) is 6.92 Å². The summed E-state index contributed by atoms with van der Waals surface area (Å²) in [5, 5.41) is 9.05. The molecule has 2 atom stereocenters. The molecule has 1 saturated heterocycles. The van der Waals surface area contributed by atoms with Crippen molar-refractivity contribution >= 4 is 12.1 Å². The molecule has 0 spiro atoms. The second-order valence-corrected chi connectivity index (χ2v) is 3.73. The van der Waals surface area contributed by atoms with Crippen molar-refractivity contribution in [3.63, 3.8) is 0 Å². The van der Waals surface area contributed by atoms with Crippen molar-refractivity contribution in [2.75, 3.05) is 19.8 Å². The minimum absolute atomic E-state index is 0.00494. The van der Waals surface area contributed by atoms with Crippen molar-refractivity contribution in [3.8, 4) is 0 Å². The Balaban J connectivity index is 2.79. The Morgan fingerprint density at radius 3 is 2.82 bits per heavy atom. The summed E-state index contributed by atoms with van der Waals surface area (Å²) in [4.78, 5) is 24.1. The Morgan fingerprint density at radius 1 is 1.59 bits per heavy atom. The SMILES string of the molecule is C=CCOC(=O)N1[C@H](CC)COC[C@@H]1C(=O)O. The molecule has 1 fully saturated rings. The van der Waals surface area contributed by atoms with Gasteiger partial charge in [-0.05, 0) is 6.42 Å². The molecule has 0 saturated carbocycles. The third kappa shape index (κ3) is 3.20. The number of ether oxygens (including phenoxy) is 2. The van der Waals surface area contributed by atoms with Gasteiger partial charge in [-0.3, -0.25) is 4.90 Å². The summed E-state index contributed by atoms with van der Waals surface area (Å²) in [6, 6.07) is -1.24. The fraction of sp³-hybridized carbons (Fsp3) is 0.636. The number of hydrogen-bond acceptors (Lipinski definition) is 4. The predicted molar refractivity (Wildman–Crippen MR) is 59.7 cm³/mol. The van der Waals surface area contributed by atoms with Crippen LogP contribution in [-0.2, 0) is 14.3 Å². The van der Waals surface area contributed by atoms with E-state index in [1.165, 1.54) is 11.0 Å². The Morgan fingerprint density at radius 2 is 2.29 bits per heavy atom. The lowest BCUT2D eigenvalue weighted by Gasteiger charge is -2.38. The fourth-order valence-electron chi connectivity index (χ4n) is 1.72. The molecular formula is C11H17NO5. The number of carboxylic acid groups (broad SMARTS) is 1. The number of nitrogens with zero attached hydrogens (tertiary/aromatic N) is 1. The lowest BCUT2D eigenvalue weighted by molar-refractivity contribution is -0.151. The largest absolute Gasteiger partial charge is 0.480 e. The van der Waals surface area contributed by atoms with E-state index in [-0.39, 0.29) is 19.3 Å². The number of hydrogen-bond donors (Lipinski definition) is 1. The van der Waals surface area contributed by atoms with Crippen molar-refractivity contribution in [2.45, 2.75) is 25.4 Å². The molecule has 1 aliphatic rings. The van der Waals surface area contributed by atoms with Crippen molar-refractivity contribution in [1.82, 2.24) is 4.90 Å². The zero-order valence-corrected chi connectivity index (χ0v) is 9.80. The fourth-order valence-corrected chi connectivity index (χ4v) is 1.72. The Bertz CT molecular complexity index is 304. The molecule has 0 aliphatic carbocycles. The van der Waals surface area contributed by atoms with Crippen molar-refractivity contribution in [3.05, 3.63) is 12.7 Å². The quantitative estimate of drug-likeness (QED) is 0.741. The topological polar surface area (TPSA) is 76.1 Å². The molecular weight excluding hydrogens is 226 g/mol. The molecule has 1 rings (SSSR count). The van der Waals surface area contributed by atoms with Gasteiger partial charge in [0.25, 0.3) is 0 Å². The number of aliphatic carboxylic acids is 1. The lowest BCUT2D eigenvalue weighted by Crippen LogP contribution is -2.57. The molecule has 6 nitrogen and oxygen atoms in total. The third-order valence-electron chi connectivity index (χ3n) is 2.61. The maximum Gasteiger partial charge on any atom is 0.411 e. The van der Waals surface area contributed by atoms with Gasteiger partial charge in [0, 0.05) is 0 Å². The van der Waals surface area contributed by atoms with Crippen molar-refractivity contribution < 1.29 is 24.2 Å². The van der Waals surface area contributed by atoms with Gasteiger partial charge in [-0.1, -0.05) is 19.6 Å². The van der Waals surface area contributed by atoms with Gasteiger partial charge >= 0.3 is 12.1 Å². The van der Waals surface area contributed by atoms with Crippen LogP contribution in [0.2, 0.25) is 0 Å². The summed E-state index contributed by atoms with van der Waals surface area (Å²) in [7, 11) is 0. The van der Waals surface area contributed by atoms with E-state index in [4.69, 9.17) is 14.6 Å². The summed E-state index contributed by atoms with van der Waals surface area (Å²) in [6.45, 7) is 5.70. The molecule has 0 aromatic carbocycles. The number of carboxylic acids is 1. The summed E-state index contributed by atoms with van der Waals surface area (Å²) in [5.74, 6) is -1.08. The predicted octanol–water partition coefficient (Wildman–Crippen LogP) is 0.873. The van der Waals surface area contributed by atoms with Crippen LogP contribution in [0, 0.1) is 0 Å². The molecule has 1 heterocycles. The van der Waals surface area contributed by atoms with E-state index in [0.29, 0.717) is 13.0 Å². The third-order valence-corrected chi connectivity index (χ3v) is 2.61. The average Bonchev–Trinajstić information content (AvgIpc) is 2.34. The molecule has 1 aliphatic heterocycles. The number of morpholine rings is 1. The first-order chi connectivity index (χ1) is 8.11. The van der Waals surface area contributed by atoms with Crippen LogP contribution in [-0.4, -0.2) is 54.0 Å². The second kappa shape index (κ2) is 6.24. The van der Waals surface area contributed by atoms with Gasteiger partial charge in [-0.2, -0.15) is 0 Å². The van der Waals surface area contributed by atoms with E-state index in [1.54, 1.807) is 0 Å². The van der Waals surface area contributed by atoms with Gasteiger partial charge in [0.15, 0.2) is 6.04 Å². The maximum absolute atomic E-state index is 11.8. The van der Waals surface area contributed by atoms with Gasteiger partial charge in [0.2, 0.25) is 0 Å². The zero-order chi connectivity index (χ0) is 12.8. The molecule has 0 radical (unpaired) electrons. The highest BCUT2D eigenvalue weighted by Crippen LogP contribution is 2.17. The van der Waals surface area contributed by atoms with Crippen LogP contribution in [0.25, 0.3) is 0 Å². The van der Waals surface area contributed by atoms with E-state index in [0.717, 1.165) is 0 Å². The molecule has 96 valence electrons. The Hall–Kier alpha value is -1.56. The van der Waals surface area contributed by atoms with Crippen LogP contribution in [0.5, 0.6) is 0 Å². The number of rotatable bonds is 4. The number of amides is 1. The zero-order valence-electron chi connectivity index (χ0n) is 9.80. The molecule has 0 aromatic rings. The van der Waals surface area contributed by atoms with Crippen LogP contribution in [0.4, 0.5) is 4.79 Å². The van der Waals surface area contributed by atoms with E-state index < -0.39 is 18.1 Å². The molecule has 0 unspecified atom stereocenters.